The third kappa shape index (κ3) is 4.15. The van der Waals surface area contributed by atoms with Crippen LogP contribution in [0.15, 0.2) is 30.3 Å². The summed E-state index contributed by atoms with van der Waals surface area (Å²) in [6, 6.07) is 10.2. The van der Waals surface area contributed by atoms with E-state index in [1.165, 1.54) is 5.56 Å². The molecular formula is C13H19NO. The number of amides is 1. The zero-order chi connectivity index (χ0) is 11.1. The largest absolute Gasteiger partial charge is 0.356 e. The molecule has 1 rings (SSSR count). The highest BCUT2D eigenvalue weighted by Gasteiger charge is 2.08. The predicted octanol–water partition coefficient (Wildman–Crippen LogP) is 2.39. The summed E-state index contributed by atoms with van der Waals surface area (Å²) >= 11 is 0. The number of rotatable bonds is 5. The van der Waals surface area contributed by atoms with E-state index in [0.717, 1.165) is 19.4 Å². The quantitative estimate of drug-likeness (QED) is 0.785. The molecule has 1 atom stereocenters. The van der Waals surface area contributed by atoms with Crippen molar-refractivity contribution in [3.05, 3.63) is 35.9 Å². The molecular weight excluding hydrogens is 186 g/mol. The van der Waals surface area contributed by atoms with E-state index in [1.807, 2.05) is 32.0 Å². The molecule has 2 nitrogen and oxygen atoms in total. The molecule has 1 aromatic carbocycles. The van der Waals surface area contributed by atoms with Crippen molar-refractivity contribution < 1.29 is 4.79 Å². The first kappa shape index (κ1) is 11.8. The standard InChI is InChI=1S/C13H19NO/c1-3-11(2)13(15)14-10-9-12-7-5-4-6-8-12/h4-8,11H,3,9-10H2,1-2H3,(H,14,15)/t11-/m1/s1. The van der Waals surface area contributed by atoms with Gasteiger partial charge in [0.15, 0.2) is 0 Å². The second kappa shape index (κ2) is 6.23. The van der Waals surface area contributed by atoms with Crippen LogP contribution in [0.2, 0.25) is 0 Å². The van der Waals surface area contributed by atoms with Gasteiger partial charge < -0.3 is 5.32 Å². The first-order valence-electron chi connectivity index (χ1n) is 5.55. The fourth-order valence-corrected chi connectivity index (χ4v) is 1.33. The van der Waals surface area contributed by atoms with E-state index in [4.69, 9.17) is 0 Å². The highest BCUT2D eigenvalue weighted by Crippen LogP contribution is 2.01. The Balaban J connectivity index is 2.25. The van der Waals surface area contributed by atoms with Crippen molar-refractivity contribution in [1.82, 2.24) is 5.32 Å². The van der Waals surface area contributed by atoms with Crippen LogP contribution in [0.25, 0.3) is 0 Å². The molecule has 0 unspecified atom stereocenters. The van der Waals surface area contributed by atoms with Gasteiger partial charge in [-0.05, 0) is 18.4 Å². The average Bonchev–Trinajstić information content (AvgIpc) is 2.29. The Labute approximate surface area is 91.7 Å². The Hall–Kier alpha value is -1.31. The minimum atomic E-state index is 0.126. The Bertz CT molecular complexity index is 295. The molecule has 0 heterocycles. The molecule has 0 fully saturated rings. The fourth-order valence-electron chi connectivity index (χ4n) is 1.33. The fraction of sp³-hybridized carbons (Fsp3) is 0.462. The Kier molecular flexibility index (Phi) is 4.88. The van der Waals surface area contributed by atoms with Crippen molar-refractivity contribution in [2.24, 2.45) is 5.92 Å². The van der Waals surface area contributed by atoms with E-state index in [9.17, 15) is 4.79 Å². The van der Waals surface area contributed by atoms with Crippen molar-refractivity contribution in [1.29, 1.82) is 0 Å². The van der Waals surface area contributed by atoms with Gasteiger partial charge in [0.2, 0.25) is 5.91 Å². The molecule has 0 bridgehead atoms. The summed E-state index contributed by atoms with van der Waals surface area (Å²) in [5.74, 6) is 0.286. The summed E-state index contributed by atoms with van der Waals surface area (Å²) in [5, 5.41) is 2.94. The van der Waals surface area contributed by atoms with Gasteiger partial charge in [0, 0.05) is 12.5 Å². The van der Waals surface area contributed by atoms with E-state index in [2.05, 4.69) is 17.4 Å². The van der Waals surface area contributed by atoms with E-state index >= 15 is 0 Å². The summed E-state index contributed by atoms with van der Waals surface area (Å²) in [5.41, 5.74) is 1.27. The highest BCUT2D eigenvalue weighted by atomic mass is 16.1. The second-order valence-corrected chi connectivity index (χ2v) is 3.84. The summed E-state index contributed by atoms with van der Waals surface area (Å²) in [6.07, 6.45) is 1.81. The van der Waals surface area contributed by atoms with Crippen LogP contribution in [0.3, 0.4) is 0 Å². The lowest BCUT2D eigenvalue weighted by molar-refractivity contribution is -0.124. The Morgan fingerprint density at radius 2 is 2.00 bits per heavy atom. The van der Waals surface area contributed by atoms with E-state index in [1.54, 1.807) is 0 Å². The molecule has 1 aromatic rings. The molecule has 2 heteroatoms. The molecule has 0 saturated carbocycles. The lowest BCUT2D eigenvalue weighted by Crippen LogP contribution is -2.30. The lowest BCUT2D eigenvalue weighted by Gasteiger charge is -2.09. The third-order valence-corrected chi connectivity index (χ3v) is 2.62. The smallest absolute Gasteiger partial charge is 0.222 e. The van der Waals surface area contributed by atoms with Gasteiger partial charge >= 0.3 is 0 Å². The maximum Gasteiger partial charge on any atom is 0.222 e. The number of carbonyl (C=O) groups is 1. The monoisotopic (exact) mass is 205 g/mol. The highest BCUT2D eigenvalue weighted by molar-refractivity contribution is 5.78. The van der Waals surface area contributed by atoms with Crippen molar-refractivity contribution in [3.8, 4) is 0 Å². The minimum absolute atomic E-state index is 0.126. The average molecular weight is 205 g/mol. The number of hydrogen-bond donors (Lipinski definition) is 1. The number of nitrogens with one attached hydrogen (secondary N) is 1. The normalized spacial score (nSPS) is 12.1. The molecule has 1 N–H and O–H groups in total. The number of benzene rings is 1. The topological polar surface area (TPSA) is 29.1 Å². The predicted molar refractivity (Wildman–Crippen MR) is 62.6 cm³/mol. The summed E-state index contributed by atoms with van der Waals surface area (Å²) in [6.45, 7) is 4.71. The van der Waals surface area contributed by atoms with Gasteiger partial charge in [0.05, 0.1) is 0 Å². The van der Waals surface area contributed by atoms with Gasteiger partial charge in [-0.3, -0.25) is 4.79 Å². The SMILES string of the molecule is CC[C@@H](C)C(=O)NCCc1ccccc1. The van der Waals surface area contributed by atoms with Crippen molar-refractivity contribution in [3.63, 3.8) is 0 Å². The van der Waals surface area contributed by atoms with Crippen molar-refractivity contribution >= 4 is 5.91 Å². The van der Waals surface area contributed by atoms with Gasteiger partial charge in [-0.2, -0.15) is 0 Å². The van der Waals surface area contributed by atoms with Crippen LogP contribution in [0.4, 0.5) is 0 Å². The van der Waals surface area contributed by atoms with E-state index in [0.29, 0.717) is 0 Å². The Morgan fingerprint density at radius 3 is 2.60 bits per heavy atom. The zero-order valence-corrected chi connectivity index (χ0v) is 9.49. The summed E-state index contributed by atoms with van der Waals surface area (Å²) in [4.78, 5) is 11.5. The van der Waals surface area contributed by atoms with Gasteiger partial charge in [-0.25, -0.2) is 0 Å². The molecule has 0 spiro atoms. The van der Waals surface area contributed by atoms with E-state index < -0.39 is 0 Å². The molecule has 0 radical (unpaired) electrons. The van der Waals surface area contributed by atoms with Crippen LogP contribution >= 0.6 is 0 Å². The molecule has 1 amide bonds. The first-order valence-corrected chi connectivity index (χ1v) is 5.55. The van der Waals surface area contributed by atoms with Crippen LogP contribution in [-0.4, -0.2) is 12.5 Å². The van der Waals surface area contributed by atoms with Crippen LogP contribution in [0.1, 0.15) is 25.8 Å². The Morgan fingerprint density at radius 1 is 1.33 bits per heavy atom. The maximum absolute atomic E-state index is 11.5. The number of hydrogen-bond acceptors (Lipinski definition) is 1. The molecule has 0 aliphatic carbocycles. The van der Waals surface area contributed by atoms with Gasteiger partial charge in [0.25, 0.3) is 0 Å². The molecule has 15 heavy (non-hydrogen) atoms. The minimum Gasteiger partial charge on any atom is -0.356 e. The molecule has 82 valence electrons. The molecule has 0 aromatic heterocycles. The van der Waals surface area contributed by atoms with E-state index in [-0.39, 0.29) is 11.8 Å². The van der Waals surface area contributed by atoms with Crippen LogP contribution < -0.4 is 5.32 Å². The van der Waals surface area contributed by atoms with Crippen molar-refractivity contribution in [2.45, 2.75) is 26.7 Å². The lowest BCUT2D eigenvalue weighted by atomic mass is 10.1. The summed E-state index contributed by atoms with van der Waals surface area (Å²) < 4.78 is 0. The maximum atomic E-state index is 11.5. The van der Waals surface area contributed by atoms with Crippen LogP contribution in [0.5, 0.6) is 0 Å². The molecule has 0 aliphatic heterocycles. The first-order chi connectivity index (χ1) is 7.24. The number of carbonyl (C=O) groups excluding carboxylic acids is 1. The zero-order valence-electron chi connectivity index (χ0n) is 9.49. The van der Waals surface area contributed by atoms with Crippen LogP contribution in [0, 0.1) is 5.92 Å². The van der Waals surface area contributed by atoms with Crippen molar-refractivity contribution in [2.75, 3.05) is 6.54 Å². The van der Waals surface area contributed by atoms with Gasteiger partial charge in [-0.1, -0.05) is 44.2 Å². The third-order valence-electron chi connectivity index (χ3n) is 2.62. The summed E-state index contributed by atoms with van der Waals surface area (Å²) in [7, 11) is 0. The van der Waals surface area contributed by atoms with Gasteiger partial charge in [0.1, 0.15) is 0 Å². The molecule has 0 saturated heterocycles. The molecule has 0 aliphatic rings. The van der Waals surface area contributed by atoms with Crippen LogP contribution in [-0.2, 0) is 11.2 Å². The van der Waals surface area contributed by atoms with Gasteiger partial charge in [-0.15, -0.1) is 0 Å². The second-order valence-electron chi connectivity index (χ2n) is 3.84.